The molecular formula is C11H12INO2S. The second-order valence-electron chi connectivity index (χ2n) is 3.12. The first-order valence-electron chi connectivity index (χ1n) is 4.83. The van der Waals surface area contributed by atoms with E-state index in [1.165, 1.54) is 11.5 Å². The Morgan fingerprint density at radius 2 is 2.19 bits per heavy atom. The number of nitrogens with zero attached hydrogens (tertiary/aromatic N) is 1. The molecule has 86 valence electrons. The van der Waals surface area contributed by atoms with Gasteiger partial charge in [-0.25, -0.2) is 4.79 Å². The van der Waals surface area contributed by atoms with E-state index in [1.807, 2.05) is 40.5 Å². The van der Waals surface area contributed by atoms with Gasteiger partial charge in [-0.15, -0.1) is 3.96 Å². The number of benzene rings is 1. The van der Waals surface area contributed by atoms with E-state index in [2.05, 4.69) is 0 Å². The number of fused-ring (bicyclic) bond motifs is 1. The molecule has 0 unspecified atom stereocenters. The third-order valence-corrected chi connectivity index (χ3v) is 3.03. The third-order valence-electron chi connectivity index (χ3n) is 2.09. The molecular weight excluding hydrogens is 337 g/mol. The minimum absolute atomic E-state index is 0. The number of ether oxygens (including phenoxy) is 1. The zero-order valence-corrected chi connectivity index (χ0v) is 11.8. The Labute approximate surface area is 115 Å². The highest BCUT2D eigenvalue weighted by Crippen LogP contribution is 2.12. The number of esters is 1. The van der Waals surface area contributed by atoms with Gasteiger partial charge in [-0.05, 0) is 13.0 Å². The largest absolute Gasteiger partial charge is 1.00 e. The average molecular weight is 349 g/mol. The maximum absolute atomic E-state index is 11.3. The van der Waals surface area contributed by atoms with Gasteiger partial charge in [0.1, 0.15) is 11.5 Å². The first-order chi connectivity index (χ1) is 7.31. The Kier molecular flexibility index (Phi) is 5.14. The van der Waals surface area contributed by atoms with Gasteiger partial charge in [-0.2, -0.15) is 0 Å². The van der Waals surface area contributed by atoms with Crippen LogP contribution in [0.1, 0.15) is 6.92 Å². The molecule has 5 heteroatoms. The quantitative estimate of drug-likeness (QED) is 0.394. The summed E-state index contributed by atoms with van der Waals surface area (Å²) in [4.78, 5) is 11.3. The van der Waals surface area contributed by atoms with E-state index in [0.717, 1.165) is 10.9 Å². The number of aromatic nitrogens is 1. The van der Waals surface area contributed by atoms with Gasteiger partial charge in [0.15, 0.2) is 0 Å². The molecule has 1 aromatic heterocycles. The molecule has 0 saturated carbocycles. The lowest BCUT2D eigenvalue weighted by Crippen LogP contribution is -3.00. The summed E-state index contributed by atoms with van der Waals surface area (Å²) in [6, 6.07) is 8.00. The summed E-state index contributed by atoms with van der Waals surface area (Å²) in [5.41, 5.74) is 1.08. The van der Waals surface area contributed by atoms with Crippen LogP contribution in [-0.4, -0.2) is 12.6 Å². The Morgan fingerprint density at radius 1 is 1.44 bits per heavy atom. The van der Waals surface area contributed by atoms with Gasteiger partial charge in [0.25, 0.3) is 6.54 Å². The molecule has 0 radical (unpaired) electrons. The molecule has 0 amide bonds. The monoisotopic (exact) mass is 349 g/mol. The Bertz CT molecular complexity index is 484. The molecule has 0 aliphatic carbocycles. The van der Waals surface area contributed by atoms with Crippen LogP contribution < -0.4 is 27.9 Å². The summed E-state index contributed by atoms with van der Waals surface area (Å²) in [5.74, 6) is -0.185. The lowest BCUT2D eigenvalue weighted by Gasteiger charge is -1.95. The van der Waals surface area contributed by atoms with Crippen LogP contribution in [0.25, 0.3) is 10.9 Å². The molecule has 1 aromatic carbocycles. The van der Waals surface area contributed by atoms with Gasteiger partial charge in [0.2, 0.25) is 5.52 Å². The van der Waals surface area contributed by atoms with E-state index < -0.39 is 0 Å². The molecule has 0 saturated heterocycles. The Morgan fingerprint density at radius 3 is 2.94 bits per heavy atom. The number of rotatable bonds is 3. The van der Waals surface area contributed by atoms with Crippen molar-refractivity contribution < 1.29 is 37.5 Å². The lowest BCUT2D eigenvalue weighted by molar-refractivity contribution is -0.590. The van der Waals surface area contributed by atoms with Crippen molar-refractivity contribution in [3.05, 3.63) is 29.6 Å². The van der Waals surface area contributed by atoms with Gasteiger partial charge in [-0.3, -0.25) is 0 Å². The second kappa shape index (κ2) is 6.15. The minimum Gasteiger partial charge on any atom is -1.00 e. The van der Waals surface area contributed by atoms with E-state index >= 15 is 0 Å². The second-order valence-corrected chi connectivity index (χ2v) is 4.01. The molecule has 0 bridgehead atoms. The van der Waals surface area contributed by atoms with Crippen LogP contribution in [0, 0.1) is 0 Å². The van der Waals surface area contributed by atoms with Gasteiger partial charge in [0, 0.05) is 6.07 Å². The first kappa shape index (κ1) is 13.4. The van der Waals surface area contributed by atoms with Crippen LogP contribution >= 0.6 is 11.5 Å². The molecule has 16 heavy (non-hydrogen) atoms. The van der Waals surface area contributed by atoms with E-state index in [4.69, 9.17) is 4.74 Å². The lowest BCUT2D eigenvalue weighted by atomic mass is 10.3. The van der Waals surface area contributed by atoms with Crippen LogP contribution in [0.2, 0.25) is 0 Å². The van der Waals surface area contributed by atoms with Gasteiger partial charge < -0.3 is 28.7 Å². The normalized spacial score (nSPS) is 9.81. The van der Waals surface area contributed by atoms with E-state index in [-0.39, 0.29) is 29.9 Å². The van der Waals surface area contributed by atoms with Crippen molar-refractivity contribution in [2.24, 2.45) is 0 Å². The number of halogens is 1. The first-order valence-corrected chi connectivity index (χ1v) is 5.67. The number of carbonyl (C=O) groups excluding carboxylic acids is 1. The number of carbonyl (C=O) groups is 1. The predicted molar refractivity (Wildman–Crippen MR) is 58.7 cm³/mol. The van der Waals surface area contributed by atoms with Gasteiger partial charge >= 0.3 is 5.97 Å². The van der Waals surface area contributed by atoms with Crippen molar-refractivity contribution in [2.75, 3.05) is 6.61 Å². The van der Waals surface area contributed by atoms with Gasteiger partial charge in [-0.1, -0.05) is 12.1 Å². The molecule has 0 fully saturated rings. The van der Waals surface area contributed by atoms with Crippen molar-refractivity contribution in [1.29, 1.82) is 0 Å². The number of hydrogen-bond acceptors (Lipinski definition) is 3. The zero-order valence-electron chi connectivity index (χ0n) is 8.85. The maximum Gasteiger partial charge on any atom is 0.374 e. The molecule has 0 aliphatic rings. The molecule has 0 N–H and O–H groups in total. The van der Waals surface area contributed by atoms with Crippen LogP contribution in [0.5, 0.6) is 0 Å². The summed E-state index contributed by atoms with van der Waals surface area (Å²) in [5, 5.41) is 3.20. The maximum atomic E-state index is 11.3. The standard InChI is InChI=1S/C11H12NO2S.HI/c1-2-14-11(13)7-12-10-6-4-3-5-9(10)8-15-12;/h3-6,8H,2,7H2,1H3;1H/q+1;/p-1. The van der Waals surface area contributed by atoms with Crippen molar-refractivity contribution in [1.82, 2.24) is 0 Å². The fourth-order valence-corrected chi connectivity index (χ4v) is 2.34. The van der Waals surface area contributed by atoms with Crippen LogP contribution in [0.3, 0.4) is 0 Å². The minimum atomic E-state index is -0.185. The average Bonchev–Trinajstić information content (AvgIpc) is 2.62. The summed E-state index contributed by atoms with van der Waals surface area (Å²) in [6.07, 6.45) is 0. The molecule has 0 aliphatic heterocycles. The highest BCUT2D eigenvalue weighted by atomic mass is 127. The zero-order chi connectivity index (χ0) is 10.7. The highest BCUT2D eigenvalue weighted by molar-refractivity contribution is 7.00. The topological polar surface area (TPSA) is 30.2 Å². The predicted octanol–water partition coefficient (Wildman–Crippen LogP) is -1.24. The van der Waals surface area contributed by atoms with Crippen molar-refractivity contribution in [2.45, 2.75) is 13.5 Å². The number of para-hydroxylation sites is 1. The van der Waals surface area contributed by atoms with Crippen LogP contribution in [-0.2, 0) is 16.1 Å². The molecule has 0 atom stereocenters. The third kappa shape index (κ3) is 2.91. The molecule has 2 rings (SSSR count). The van der Waals surface area contributed by atoms with E-state index in [0.29, 0.717) is 13.2 Å². The SMILES string of the molecule is CCOC(=O)C[n+]1scc2ccccc21.[I-]. The van der Waals surface area contributed by atoms with Crippen molar-refractivity contribution in [3.63, 3.8) is 0 Å². The van der Waals surface area contributed by atoms with E-state index in [1.54, 1.807) is 0 Å². The fourth-order valence-electron chi connectivity index (χ4n) is 1.44. The Balaban J connectivity index is 0.00000128. The summed E-state index contributed by atoms with van der Waals surface area (Å²) in [7, 11) is 0. The van der Waals surface area contributed by atoms with E-state index in [9.17, 15) is 4.79 Å². The molecule has 2 aromatic rings. The van der Waals surface area contributed by atoms with Crippen LogP contribution in [0.15, 0.2) is 29.6 Å². The summed E-state index contributed by atoms with van der Waals surface area (Å²) >= 11 is 1.53. The summed E-state index contributed by atoms with van der Waals surface area (Å²) in [6.45, 7) is 2.55. The van der Waals surface area contributed by atoms with Crippen LogP contribution in [0.4, 0.5) is 0 Å². The molecule has 3 nitrogen and oxygen atoms in total. The molecule has 0 spiro atoms. The Hall–Kier alpha value is -0.690. The number of hydrogen-bond donors (Lipinski definition) is 0. The highest BCUT2D eigenvalue weighted by Gasteiger charge is 2.16. The molecule has 1 heterocycles. The van der Waals surface area contributed by atoms with Gasteiger partial charge in [0.05, 0.1) is 17.4 Å². The van der Waals surface area contributed by atoms with Crippen molar-refractivity contribution in [3.8, 4) is 0 Å². The summed E-state index contributed by atoms with van der Waals surface area (Å²) < 4.78 is 6.85. The fraction of sp³-hybridized carbons (Fsp3) is 0.273. The van der Waals surface area contributed by atoms with Crippen molar-refractivity contribution >= 4 is 28.4 Å². The smallest absolute Gasteiger partial charge is 0.374 e.